The molecule has 0 bridgehead atoms. The quantitative estimate of drug-likeness (QED) is 0.910. The number of aromatic nitrogens is 1. The fraction of sp³-hybridized carbons (Fsp3) is 0.286. The van der Waals surface area contributed by atoms with E-state index in [9.17, 15) is 4.79 Å². The molecule has 1 aromatic heterocycles. The fourth-order valence-corrected chi connectivity index (χ4v) is 2.44. The topological polar surface area (TPSA) is 57.3 Å². The summed E-state index contributed by atoms with van der Waals surface area (Å²) < 4.78 is 0. The van der Waals surface area contributed by atoms with Crippen molar-refractivity contribution in [3.63, 3.8) is 0 Å². The molecule has 6 heteroatoms. The zero-order valence-corrected chi connectivity index (χ0v) is 12.8. The van der Waals surface area contributed by atoms with Gasteiger partial charge in [-0.1, -0.05) is 0 Å². The molecular weight excluding hydrogens is 272 g/mol. The van der Waals surface area contributed by atoms with Crippen molar-refractivity contribution < 1.29 is 4.79 Å². The van der Waals surface area contributed by atoms with Crippen LogP contribution in [0, 0.1) is 13.8 Å². The number of hydrogen-bond acceptors (Lipinski definition) is 4. The van der Waals surface area contributed by atoms with E-state index in [1.54, 1.807) is 0 Å². The van der Waals surface area contributed by atoms with E-state index in [1.165, 1.54) is 11.3 Å². The lowest BCUT2D eigenvalue weighted by molar-refractivity contribution is 0.262. The predicted octanol–water partition coefficient (Wildman–Crippen LogP) is 3.47. The largest absolute Gasteiger partial charge is 0.378 e. The molecule has 0 aliphatic heterocycles. The number of amides is 2. The highest BCUT2D eigenvalue weighted by molar-refractivity contribution is 7.15. The standard InChI is InChI=1S/C14H18N4OS/c1-9-10(2)20-14(15-9)17-13(19)16-11-5-7-12(8-6-11)18(3)4/h5-8H,1-4H3,(H2,15,16,17,19). The second-order valence-corrected chi connectivity index (χ2v) is 5.88. The Kier molecular flexibility index (Phi) is 4.24. The first-order chi connectivity index (χ1) is 9.45. The van der Waals surface area contributed by atoms with Gasteiger partial charge in [-0.05, 0) is 38.1 Å². The first kappa shape index (κ1) is 14.3. The van der Waals surface area contributed by atoms with Crippen LogP contribution in [0.25, 0.3) is 0 Å². The minimum absolute atomic E-state index is 0.281. The zero-order chi connectivity index (χ0) is 14.7. The minimum Gasteiger partial charge on any atom is -0.378 e. The molecule has 5 nitrogen and oxygen atoms in total. The summed E-state index contributed by atoms with van der Waals surface area (Å²) in [6.45, 7) is 3.91. The summed E-state index contributed by atoms with van der Waals surface area (Å²) in [5.74, 6) is 0. The number of benzene rings is 1. The molecule has 1 heterocycles. The van der Waals surface area contributed by atoms with Gasteiger partial charge in [0.1, 0.15) is 0 Å². The van der Waals surface area contributed by atoms with Crippen molar-refractivity contribution in [2.75, 3.05) is 29.6 Å². The molecule has 20 heavy (non-hydrogen) atoms. The van der Waals surface area contributed by atoms with E-state index in [0.717, 1.165) is 21.9 Å². The number of carbonyl (C=O) groups excluding carboxylic acids is 1. The Morgan fingerprint density at radius 1 is 1.15 bits per heavy atom. The highest BCUT2D eigenvalue weighted by atomic mass is 32.1. The third kappa shape index (κ3) is 3.48. The molecule has 1 aromatic carbocycles. The zero-order valence-electron chi connectivity index (χ0n) is 12.0. The smallest absolute Gasteiger partial charge is 0.325 e. The number of hydrogen-bond donors (Lipinski definition) is 2. The lowest BCUT2D eigenvalue weighted by Gasteiger charge is -2.13. The maximum Gasteiger partial charge on any atom is 0.325 e. The maximum absolute atomic E-state index is 11.9. The highest BCUT2D eigenvalue weighted by Gasteiger charge is 2.08. The Morgan fingerprint density at radius 2 is 1.80 bits per heavy atom. The average Bonchev–Trinajstić information content (AvgIpc) is 2.68. The van der Waals surface area contributed by atoms with Crippen molar-refractivity contribution >= 4 is 33.9 Å². The van der Waals surface area contributed by atoms with Crippen LogP contribution in [0.1, 0.15) is 10.6 Å². The van der Waals surface area contributed by atoms with Gasteiger partial charge >= 0.3 is 6.03 Å². The van der Waals surface area contributed by atoms with E-state index in [2.05, 4.69) is 15.6 Å². The lowest BCUT2D eigenvalue weighted by Crippen LogP contribution is -2.19. The SMILES string of the molecule is Cc1nc(NC(=O)Nc2ccc(N(C)C)cc2)sc1C. The first-order valence-corrected chi connectivity index (χ1v) is 7.07. The molecule has 0 aliphatic rings. The molecule has 0 saturated heterocycles. The summed E-state index contributed by atoms with van der Waals surface area (Å²) in [5.41, 5.74) is 2.78. The van der Waals surface area contributed by atoms with E-state index in [1.807, 2.05) is 57.1 Å². The number of thiazole rings is 1. The molecular formula is C14H18N4OS. The van der Waals surface area contributed by atoms with Gasteiger partial charge in [0.25, 0.3) is 0 Å². The molecule has 0 spiro atoms. The van der Waals surface area contributed by atoms with Crippen molar-refractivity contribution in [1.29, 1.82) is 0 Å². The van der Waals surface area contributed by atoms with Crippen molar-refractivity contribution in [3.05, 3.63) is 34.8 Å². The monoisotopic (exact) mass is 290 g/mol. The molecule has 0 aliphatic carbocycles. The van der Waals surface area contributed by atoms with Gasteiger partial charge in [-0.2, -0.15) is 0 Å². The predicted molar refractivity (Wildman–Crippen MR) is 85.0 cm³/mol. The molecule has 0 fully saturated rings. The molecule has 0 saturated carbocycles. The Balaban J connectivity index is 1.97. The highest BCUT2D eigenvalue weighted by Crippen LogP contribution is 2.21. The van der Waals surface area contributed by atoms with Crippen LogP contribution in [0.2, 0.25) is 0 Å². The number of urea groups is 1. The van der Waals surface area contributed by atoms with Crippen molar-refractivity contribution in [1.82, 2.24) is 4.98 Å². The summed E-state index contributed by atoms with van der Waals surface area (Å²) in [5, 5.41) is 6.13. The van der Waals surface area contributed by atoms with Crippen LogP contribution in [0.3, 0.4) is 0 Å². The minimum atomic E-state index is -0.281. The second kappa shape index (κ2) is 5.92. The molecule has 2 amide bonds. The van der Waals surface area contributed by atoms with Crippen molar-refractivity contribution in [3.8, 4) is 0 Å². The van der Waals surface area contributed by atoms with Gasteiger partial charge in [0.15, 0.2) is 5.13 Å². The normalized spacial score (nSPS) is 10.2. The Bertz CT molecular complexity index is 585. The molecule has 0 atom stereocenters. The van der Waals surface area contributed by atoms with E-state index < -0.39 is 0 Å². The number of nitrogens with one attached hydrogen (secondary N) is 2. The molecule has 0 unspecified atom stereocenters. The third-order valence-corrected chi connectivity index (χ3v) is 3.88. The van der Waals surface area contributed by atoms with Crippen LogP contribution in [0.15, 0.2) is 24.3 Å². The van der Waals surface area contributed by atoms with E-state index in [0.29, 0.717) is 5.13 Å². The van der Waals surface area contributed by atoms with E-state index in [-0.39, 0.29) is 6.03 Å². The van der Waals surface area contributed by atoms with Crippen LogP contribution < -0.4 is 15.5 Å². The van der Waals surface area contributed by atoms with Crippen LogP contribution in [0.4, 0.5) is 21.3 Å². The van der Waals surface area contributed by atoms with Gasteiger partial charge in [-0.25, -0.2) is 9.78 Å². The maximum atomic E-state index is 11.9. The summed E-state index contributed by atoms with van der Waals surface area (Å²) in [7, 11) is 3.95. The second-order valence-electron chi connectivity index (χ2n) is 4.68. The van der Waals surface area contributed by atoms with Gasteiger partial charge in [-0.3, -0.25) is 5.32 Å². The number of anilines is 3. The van der Waals surface area contributed by atoms with Crippen LogP contribution in [-0.2, 0) is 0 Å². The third-order valence-electron chi connectivity index (χ3n) is 2.89. The molecule has 2 rings (SSSR count). The number of aryl methyl sites for hydroxylation is 2. The summed E-state index contributed by atoms with van der Waals surface area (Å²) in [4.78, 5) is 19.2. The number of rotatable bonds is 3. The van der Waals surface area contributed by atoms with E-state index in [4.69, 9.17) is 0 Å². The Hall–Kier alpha value is -2.08. The summed E-state index contributed by atoms with van der Waals surface area (Å²) in [6.07, 6.45) is 0. The lowest BCUT2D eigenvalue weighted by atomic mass is 10.2. The molecule has 2 aromatic rings. The molecule has 0 radical (unpaired) electrons. The summed E-state index contributed by atoms with van der Waals surface area (Å²) >= 11 is 1.47. The van der Waals surface area contributed by atoms with Crippen LogP contribution in [-0.4, -0.2) is 25.1 Å². The number of nitrogens with zero attached hydrogens (tertiary/aromatic N) is 2. The van der Waals surface area contributed by atoms with E-state index >= 15 is 0 Å². The van der Waals surface area contributed by atoms with Crippen LogP contribution in [0.5, 0.6) is 0 Å². The first-order valence-electron chi connectivity index (χ1n) is 6.25. The van der Waals surface area contributed by atoms with Crippen LogP contribution >= 0.6 is 11.3 Å². The van der Waals surface area contributed by atoms with Crippen molar-refractivity contribution in [2.24, 2.45) is 0 Å². The summed E-state index contributed by atoms with van der Waals surface area (Å²) in [6, 6.07) is 7.36. The molecule has 106 valence electrons. The Labute approximate surface area is 122 Å². The van der Waals surface area contributed by atoms with Crippen molar-refractivity contribution in [2.45, 2.75) is 13.8 Å². The Morgan fingerprint density at radius 3 is 2.30 bits per heavy atom. The van der Waals surface area contributed by atoms with Gasteiger partial charge in [0.05, 0.1) is 5.69 Å². The van der Waals surface area contributed by atoms with Gasteiger partial charge < -0.3 is 10.2 Å². The molecule has 2 N–H and O–H groups in total. The average molecular weight is 290 g/mol. The van der Waals surface area contributed by atoms with Gasteiger partial charge in [0, 0.05) is 30.3 Å². The van der Waals surface area contributed by atoms with Gasteiger partial charge in [-0.15, -0.1) is 11.3 Å². The fourth-order valence-electron chi connectivity index (χ4n) is 1.63. The van der Waals surface area contributed by atoms with Gasteiger partial charge in [0.2, 0.25) is 0 Å². The number of carbonyl (C=O) groups is 1.